The highest BCUT2D eigenvalue weighted by Gasteiger charge is 2.15. The molecule has 1 N–H and O–H groups in total. The average Bonchev–Trinajstić information content (AvgIpc) is 3.08. The average molecular weight is 416 g/mol. The lowest BCUT2D eigenvalue weighted by molar-refractivity contribution is -0.119. The molecule has 0 aliphatic carbocycles. The van der Waals surface area contributed by atoms with Gasteiger partial charge >= 0.3 is 0 Å². The number of rotatable bonds is 8. The fourth-order valence-corrected chi connectivity index (χ4v) is 4.88. The van der Waals surface area contributed by atoms with Crippen LogP contribution in [0.5, 0.6) is 0 Å². The maximum Gasteiger partial charge on any atom is 0.230 e. The topological polar surface area (TPSA) is 46.9 Å². The molecule has 3 rings (SSSR count). The van der Waals surface area contributed by atoms with E-state index in [4.69, 9.17) is 12.2 Å². The molecule has 1 atom stereocenters. The molecule has 0 bridgehead atoms. The number of hydrogen-bond acceptors (Lipinski definition) is 5. The van der Waals surface area contributed by atoms with E-state index in [1.165, 1.54) is 23.1 Å². The van der Waals surface area contributed by atoms with Gasteiger partial charge in [-0.2, -0.15) is 0 Å². The third-order valence-electron chi connectivity index (χ3n) is 3.97. The molecule has 0 spiro atoms. The molecule has 1 heterocycles. The molecule has 0 saturated heterocycles. The first-order valence-corrected chi connectivity index (χ1v) is 11.0. The third kappa shape index (κ3) is 5.51. The Kier molecular flexibility index (Phi) is 7.20. The van der Waals surface area contributed by atoms with Crippen LogP contribution in [0.3, 0.4) is 0 Å². The van der Waals surface area contributed by atoms with Gasteiger partial charge in [-0.25, -0.2) is 4.68 Å². The van der Waals surface area contributed by atoms with Crippen molar-refractivity contribution in [3.05, 3.63) is 70.2 Å². The Morgan fingerprint density at radius 1 is 1.19 bits per heavy atom. The first-order valence-electron chi connectivity index (χ1n) is 8.80. The lowest BCUT2D eigenvalue weighted by Gasteiger charge is -2.18. The quantitative estimate of drug-likeness (QED) is 0.394. The van der Waals surface area contributed by atoms with Crippen molar-refractivity contribution in [2.45, 2.75) is 30.1 Å². The summed E-state index contributed by atoms with van der Waals surface area (Å²) in [6.07, 6.45) is 1.93. The van der Waals surface area contributed by atoms with Crippen molar-refractivity contribution in [1.82, 2.24) is 15.1 Å². The molecule has 3 aromatic rings. The van der Waals surface area contributed by atoms with Crippen molar-refractivity contribution >= 4 is 41.2 Å². The molecule has 2 aromatic carbocycles. The van der Waals surface area contributed by atoms with E-state index in [0.29, 0.717) is 9.71 Å². The summed E-state index contributed by atoms with van der Waals surface area (Å²) in [4.78, 5) is 12.4. The standard InChI is InChI=1S/C20H21N3OS3/c1-2-9-17(15-10-5-3-6-11-15)21-18(24)14-26-19-22-23(20(25)27-19)16-12-7-4-8-13-16/h3-8,10-13,17H,2,9,14H2,1H3,(H,21,24). The van der Waals surface area contributed by atoms with Gasteiger partial charge in [0.15, 0.2) is 8.29 Å². The largest absolute Gasteiger partial charge is 0.349 e. The number of thioether (sulfide) groups is 1. The Hall–Kier alpha value is -1.96. The highest BCUT2D eigenvalue weighted by atomic mass is 32.2. The molecule has 27 heavy (non-hydrogen) atoms. The lowest BCUT2D eigenvalue weighted by atomic mass is 10.0. The van der Waals surface area contributed by atoms with Crippen molar-refractivity contribution < 1.29 is 4.79 Å². The van der Waals surface area contributed by atoms with E-state index in [-0.39, 0.29) is 11.9 Å². The van der Waals surface area contributed by atoms with Gasteiger partial charge < -0.3 is 5.32 Å². The summed E-state index contributed by atoms with van der Waals surface area (Å²) < 4.78 is 3.22. The van der Waals surface area contributed by atoms with Crippen LogP contribution in [0.4, 0.5) is 0 Å². The summed E-state index contributed by atoms with van der Waals surface area (Å²) in [5, 5.41) is 7.68. The van der Waals surface area contributed by atoms with Gasteiger partial charge in [-0.15, -0.1) is 5.10 Å². The van der Waals surface area contributed by atoms with E-state index in [9.17, 15) is 4.79 Å². The minimum atomic E-state index is 0.00897. The van der Waals surface area contributed by atoms with E-state index in [0.717, 1.165) is 28.4 Å². The van der Waals surface area contributed by atoms with Gasteiger partial charge in [0.2, 0.25) is 5.91 Å². The molecule has 140 valence electrons. The Balaban J connectivity index is 1.61. The van der Waals surface area contributed by atoms with Crippen LogP contribution in [-0.4, -0.2) is 21.4 Å². The van der Waals surface area contributed by atoms with Crippen LogP contribution < -0.4 is 5.32 Å². The van der Waals surface area contributed by atoms with Gasteiger partial charge in [-0.05, 0) is 36.3 Å². The minimum absolute atomic E-state index is 0.00897. The van der Waals surface area contributed by atoms with Gasteiger partial charge in [0.25, 0.3) is 0 Å². The minimum Gasteiger partial charge on any atom is -0.349 e. The third-order valence-corrected chi connectivity index (χ3v) is 6.34. The molecule has 1 amide bonds. The van der Waals surface area contributed by atoms with Crippen molar-refractivity contribution in [3.8, 4) is 5.69 Å². The van der Waals surface area contributed by atoms with E-state index in [1.807, 2.05) is 48.5 Å². The zero-order valence-electron chi connectivity index (χ0n) is 15.0. The Morgan fingerprint density at radius 2 is 1.85 bits per heavy atom. The first kappa shape index (κ1) is 19.8. The number of nitrogens with zero attached hydrogens (tertiary/aromatic N) is 2. The second kappa shape index (κ2) is 9.82. The predicted molar refractivity (Wildman–Crippen MR) is 115 cm³/mol. The highest BCUT2D eigenvalue weighted by molar-refractivity contribution is 8.01. The van der Waals surface area contributed by atoms with Crippen molar-refractivity contribution in [2.24, 2.45) is 0 Å². The zero-order valence-corrected chi connectivity index (χ0v) is 17.4. The molecule has 0 aliphatic rings. The van der Waals surface area contributed by atoms with E-state index >= 15 is 0 Å². The number of hydrogen-bond donors (Lipinski definition) is 1. The van der Waals surface area contributed by atoms with Crippen molar-refractivity contribution in [1.29, 1.82) is 0 Å². The summed E-state index contributed by atoms with van der Waals surface area (Å²) in [6, 6.07) is 19.9. The summed E-state index contributed by atoms with van der Waals surface area (Å²) in [7, 11) is 0. The van der Waals surface area contributed by atoms with Gasteiger partial charge in [0.1, 0.15) is 0 Å². The second-order valence-electron chi connectivity index (χ2n) is 5.99. The van der Waals surface area contributed by atoms with E-state index in [2.05, 4.69) is 29.5 Å². The number of nitrogens with one attached hydrogen (secondary N) is 1. The van der Waals surface area contributed by atoms with Gasteiger partial charge in [0.05, 0.1) is 17.5 Å². The fraction of sp³-hybridized carbons (Fsp3) is 0.250. The number of benzene rings is 2. The molecule has 0 saturated carbocycles. The second-order valence-corrected chi connectivity index (χ2v) is 8.83. The molecule has 7 heteroatoms. The van der Waals surface area contributed by atoms with Crippen LogP contribution in [0.1, 0.15) is 31.4 Å². The SMILES string of the molecule is CCCC(NC(=O)CSc1nn(-c2ccccc2)c(=S)s1)c1ccccc1. The lowest BCUT2D eigenvalue weighted by Crippen LogP contribution is -2.29. The summed E-state index contributed by atoms with van der Waals surface area (Å²) in [5.74, 6) is 0.333. The molecule has 1 aromatic heterocycles. The molecule has 0 fully saturated rings. The monoisotopic (exact) mass is 415 g/mol. The predicted octanol–water partition coefficient (Wildman–Crippen LogP) is 5.41. The first-order chi connectivity index (χ1) is 13.2. The van der Waals surface area contributed by atoms with Crippen LogP contribution in [0, 0.1) is 3.95 Å². The van der Waals surface area contributed by atoms with Crippen LogP contribution in [0.2, 0.25) is 0 Å². The van der Waals surface area contributed by atoms with Crippen LogP contribution >= 0.6 is 35.3 Å². The number of aromatic nitrogens is 2. The van der Waals surface area contributed by atoms with Gasteiger partial charge in [-0.3, -0.25) is 4.79 Å². The molecular formula is C20H21N3OS3. The van der Waals surface area contributed by atoms with E-state index < -0.39 is 0 Å². The Morgan fingerprint density at radius 3 is 2.52 bits per heavy atom. The van der Waals surface area contributed by atoms with E-state index in [1.54, 1.807) is 4.68 Å². The summed E-state index contributed by atoms with van der Waals surface area (Å²) in [6.45, 7) is 2.12. The number of para-hydroxylation sites is 1. The number of amides is 1. The van der Waals surface area contributed by atoms with Gasteiger partial charge in [-0.1, -0.05) is 85.0 Å². The fourth-order valence-electron chi connectivity index (χ4n) is 2.71. The molecule has 0 radical (unpaired) electrons. The highest BCUT2D eigenvalue weighted by Crippen LogP contribution is 2.24. The Labute approximate surface area is 172 Å². The normalized spacial score (nSPS) is 11.9. The van der Waals surface area contributed by atoms with Crippen LogP contribution in [0.15, 0.2) is 65.0 Å². The van der Waals surface area contributed by atoms with Crippen molar-refractivity contribution in [3.63, 3.8) is 0 Å². The summed E-state index contributed by atoms with van der Waals surface area (Å²) in [5.41, 5.74) is 2.07. The zero-order chi connectivity index (χ0) is 19.1. The molecular weight excluding hydrogens is 394 g/mol. The Bertz CT molecular complexity index is 922. The maximum atomic E-state index is 12.4. The maximum absolute atomic E-state index is 12.4. The summed E-state index contributed by atoms with van der Waals surface area (Å²) >= 11 is 8.26. The van der Waals surface area contributed by atoms with Crippen LogP contribution in [0.25, 0.3) is 5.69 Å². The smallest absolute Gasteiger partial charge is 0.230 e. The number of carbonyl (C=O) groups is 1. The van der Waals surface area contributed by atoms with Crippen LogP contribution in [-0.2, 0) is 4.79 Å². The molecule has 4 nitrogen and oxygen atoms in total. The number of carbonyl (C=O) groups excluding carboxylic acids is 1. The molecule has 1 unspecified atom stereocenters. The van der Waals surface area contributed by atoms with Crippen molar-refractivity contribution in [2.75, 3.05) is 5.75 Å². The molecule has 0 aliphatic heterocycles. The van der Waals surface area contributed by atoms with Gasteiger partial charge in [0, 0.05) is 0 Å².